The Balaban J connectivity index is 0.00000120. The van der Waals surface area contributed by atoms with Crippen LogP contribution in [0.2, 0.25) is 0 Å². The number of rotatable bonds is 0. The second-order valence-electron chi connectivity index (χ2n) is 5.85. The van der Waals surface area contributed by atoms with Crippen LogP contribution in [-0.4, -0.2) is 0 Å². The van der Waals surface area contributed by atoms with E-state index in [-0.39, 0.29) is 51.9 Å². The van der Waals surface area contributed by atoms with Gasteiger partial charge in [0.25, 0.3) is 0 Å². The largest absolute Gasteiger partial charge is 3.00 e. The first kappa shape index (κ1) is 19.7. The summed E-state index contributed by atoms with van der Waals surface area (Å²) in [6.07, 6.45) is 1.04. The summed E-state index contributed by atoms with van der Waals surface area (Å²) in [4.78, 5) is 0. The number of benzene rings is 2. The molecule has 3 heteroatoms. The summed E-state index contributed by atoms with van der Waals surface area (Å²) >= 11 is 0. The fourth-order valence-electron chi connectivity index (χ4n) is 2.50. The predicted octanol–water partition coefficient (Wildman–Crippen LogP) is -1.64. The Morgan fingerprint density at radius 3 is 2.20 bits per heavy atom. The fourth-order valence-corrected chi connectivity index (χ4v) is 2.50. The van der Waals surface area contributed by atoms with Gasteiger partial charge in [-0.1, -0.05) is 56.2 Å². The third kappa shape index (κ3) is 3.49. The van der Waals surface area contributed by atoms with Crippen molar-refractivity contribution in [3.8, 4) is 11.1 Å². The van der Waals surface area contributed by atoms with Crippen LogP contribution in [-0.2, 0) is 33.6 Å². The molecule has 0 heterocycles. The van der Waals surface area contributed by atoms with E-state index in [1.165, 1.54) is 27.8 Å². The summed E-state index contributed by atoms with van der Waals surface area (Å²) in [5.74, 6) is 0. The van der Waals surface area contributed by atoms with Crippen LogP contribution in [0, 0.1) is 6.07 Å². The third-order valence-corrected chi connectivity index (χ3v) is 3.51. The van der Waals surface area contributed by atoms with Gasteiger partial charge in [0.15, 0.2) is 0 Å². The minimum Gasteiger partial charge on any atom is -1.00 e. The van der Waals surface area contributed by atoms with Gasteiger partial charge in [-0.15, -0.1) is 11.1 Å². The topological polar surface area (TPSA) is 0 Å². The number of fused-ring (bicyclic) bond motifs is 3. The fraction of sp³-hybridized carbons (Fsp3) is 0.294. The summed E-state index contributed by atoms with van der Waals surface area (Å²) in [5, 5.41) is 0. The summed E-state index contributed by atoms with van der Waals surface area (Å²) in [5.41, 5.74) is 7.05. The van der Waals surface area contributed by atoms with Gasteiger partial charge in [-0.05, 0) is 11.8 Å². The number of hydrogen-bond donors (Lipinski definition) is 0. The van der Waals surface area contributed by atoms with Gasteiger partial charge >= 0.3 is 21.7 Å². The van der Waals surface area contributed by atoms with Crippen LogP contribution in [0.25, 0.3) is 11.1 Å². The third-order valence-electron chi connectivity index (χ3n) is 3.51. The van der Waals surface area contributed by atoms with Crippen molar-refractivity contribution >= 4 is 0 Å². The van der Waals surface area contributed by atoms with Crippen molar-refractivity contribution in [2.75, 3.05) is 0 Å². The minimum absolute atomic E-state index is 0. The van der Waals surface area contributed by atoms with E-state index in [9.17, 15) is 0 Å². The number of hydrogen-bond acceptors (Lipinski definition) is 0. The van der Waals surface area contributed by atoms with Crippen LogP contribution in [0.5, 0.6) is 0 Å². The van der Waals surface area contributed by atoms with Crippen LogP contribution >= 0.6 is 0 Å². The van der Waals surface area contributed by atoms with Crippen LogP contribution in [0.1, 0.15) is 37.5 Å². The predicted molar refractivity (Wildman–Crippen MR) is 72.2 cm³/mol. The van der Waals surface area contributed by atoms with Gasteiger partial charge < -0.3 is 24.8 Å². The molecule has 1 aliphatic rings. The monoisotopic (exact) mass is 339 g/mol. The molecule has 0 saturated heterocycles. The molecule has 0 aliphatic heterocycles. The van der Waals surface area contributed by atoms with Gasteiger partial charge in [-0.3, -0.25) is 0 Å². The molecule has 0 bridgehead atoms. The molecule has 0 saturated carbocycles. The average Bonchev–Trinajstić information content (AvgIpc) is 2.65. The molecular weight excluding hydrogens is 323 g/mol. The molecule has 1 aliphatic carbocycles. The van der Waals surface area contributed by atoms with Crippen molar-refractivity contribution in [2.24, 2.45) is 0 Å². The van der Waals surface area contributed by atoms with E-state index < -0.39 is 0 Å². The SMILES string of the molecule is CC(C)(C)c1[c-]c2c(cc1)-c1ccccc1C2.[Cl-].[Cl-].[Ti+3]. The smallest absolute Gasteiger partial charge is 1.00 e. The van der Waals surface area contributed by atoms with Gasteiger partial charge in [0.1, 0.15) is 0 Å². The zero-order valence-corrected chi connectivity index (χ0v) is 15.0. The zero-order chi connectivity index (χ0) is 12.0. The molecule has 20 heavy (non-hydrogen) atoms. The maximum absolute atomic E-state index is 3.61. The molecule has 103 valence electrons. The molecule has 0 unspecified atom stereocenters. The Bertz CT molecular complexity index is 586. The van der Waals surface area contributed by atoms with Crippen molar-refractivity contribution in [1.29, 1.82) is 0 Å². The first-order chi connectivity index (χ1) is 8.05. The van der Waals surface area contributed by atoms with Crippen LogP contribution < -0.4 is 24.8 Å². The van der Waals surface area contributed by atoms with Gasteiger partial charge in [-0.25, -0.2) is 0 Å². The Morgan fingerprint density at radius 1 is 0.900 bits per heavy atom. The van der Waals surface area contributed by atoms with Gasteiger partial charge in [0.2, 0.25) is 0 Å². The van der Waals surface area contributed by atoms with Crippen molar-refractivity contribution in [1.82, 2.24) is 0 Å². The molecular formula is C17H17Cl2Ti. The van der Waals surface area contributed by atoms with Gasteiger partial charge in [0.05, 0.1) is 0 Å². The molecule has 0 spiro atoms. The summed E-state index contributed by atoms with van der Waals surface area (Å²) < 4.78 is 0. The van der Waals surface area contributed by atoms with E-state index in [1.54, 1.807) is 0 Å². The van der Waals surface area contributed by atoms with Crippen molar-refractivity contribution in [3.05, 3.63) is 59.2 Å². The van der Waals surface area contributed by atoms with E-state index in [2.05, 4.69) is 63.2 Å². The summed E-state index contributed by atoms with van der Waals surface area (Å²) in [6.45, 7) is 6.73. The second-order valence-corrected chi connectivity index (χ2v) is 5.85. The Labute approximate surface area is 149 Å². The number of halogens is 2. The molecule has 0 fully saturated rings. The molecule has 0 amide bonds. The molecule has 2 aromatic rings. The standard InChI is InChI=1S/C17H17.2ClH.Ti/c1-17(2,3)14-8-9-16-13(11-14)10-12-6-4-5-7-15(12)16;;;/h4-9H,10H2,1-3H3;2*1H;/q-1;;;+3/p-2. The first-order valence-corrected chi connectivity index (χ1v) is 6.20. The Morgan fingerprint density at radius 2 is 1.55 bits per heavy atom. The zero-order valence-electron chi connectivity index (χ0n) is 11.9. The summed E-state index contributed by atoms with van der Waals surface area (Å²) in [6, 6.07) is 16.8. The average molecular weight is 340 g/mol. The molecule has 0 atom stereocenters. The van der Waals surface area contributed by atoms with E-state index >= 15 is 0 Å². The quantitative estimate of drug-likeness (QED) is 0.340. The van der Waals surface area contributed by atoms with E-state index in [0.29, 0.717) is 0 Å². The molecule has 0 N–H and O–H groups in total. The van der Waals surface area contributed by atoms with Crippen molar-refractivity contribution in [3.63, 3.8) is 0 Å². The van der Waals surface area contributed by atoms with Crippen molar-refractivity contribution < 1.29 is 46.5 Å². The van der Waals surface area contributed by atoms with Gasteiger partial charge in [0, 0.05) is 0 Å². The maximum atomic E-state index is 3.61. The Hall–Kier alpha value is -0.266. The molecule has 0 aromatic heterocycles. The molecule has 3 rings (SSSR count). The van der Waals surface area contributed by atoms with Crippen LogP contribution in [0.3, 0.4) is 0 Å². The minimum atomic E-state index is 0. The maximum Gasteiger partial charge on any atom is 3.00 e. The van der Waals surface area contributed by atoms with E-state index in [0.717, 1.165) is 6.42 Å². The van der Waals surface area contributed by atoms with E-state index in [1.807, 2.05) is 0 Å². The first-order valence-electron chi connectivity index (χ1n) is 6.20. The van der Waals surface area contributed by atoms with E-state index in [4.69, 9.17) is 0 Å². The molecule has 2 aromatic carbocycles. The van der Waals surface area contributed by atoms with Gasteiger partial charge in [-0.2, -0.15) is 23.8 Å². The summed E-state index contributed by atoms with van der Waals surface area (Å²) in [7, 11) is 0. The second kappa shape index (κ2) is 7.14. The van der Waals surface area contributed by atoms with Crippen LogP contribution in [0.4, 0.5) is 0 Å². The van der Waals surface area contributed by atoms with Crippen LogP contribution in [0.15, 0.2) is 36.4 Å². The molecule has 1 radical (unpaired) electrons. The van der Waals surface area contributed by atoms with Crippen molar-refractivity contribution in [2.45, 2.75) is 32.6 Å². The Kier molecular flexibility index (Phi) is 7.04. The normalized spacial score (nSPS) is 11.3. The molecule has 0 nitrogen and oxygen atoms in total.